The first kappa shape index (κ1) is 18.1. The van der Waals surface area contributed by atoms with Gasteiger partial charge >= 0.3 is 0 Å². The second-order valence-electron chi connectivity index (χ2n) is 6.45. The van der Waals surface area contributed by atoms with E-state index in [4.69, 9.17) is 4.74 Å². The van der Waals surface area contributed by atoms with Gasteiger partial charge in [-0.15, -0.1) is 0 Å². The number of hydrogen-bond acceptors (Lipinski definition) is 3. The van der Waals surface area contributed by atoms with Gasteiger partial charge in [0.15, 0.2) is 9.84 Å². The number of ether oxygens (including phenoxy) is 1. The van der Waals surface area contributed by atoms with Gasteiger partial charge in [0.25, 0.3) is 0 Å². The lowest BCUT2D eigenvalue weighted by Gasteiger charge is -2.36. The Morgan fingerprint density at radius 1 is 1.26 bits per heavy atom. The van der Waals surface area contributed by atoms with Crippen LogP contribution in [-0.4, -0.2) is 25.5 Å². The van der Waals surface area contributed by atoms with Crippen molar-refractivity contribution in [2.45, 2.75) is 57.1 Å². The second kappa shape index (κ2) is 8.00. The lowest BCUT2D eigenvalue weighted by Crippen LogP contribution is -2.42. The van der Waals surface area contributed by atoms with Crippen LogP contribution in [0.15, 0.2) is 36.6 Å². The average molecular weight is 336 g/mol. The monoisotopic (exact) mass is 336 g/mol. The highest BCUT2D eigenvalue weighted by molar-refractivity contribution is 7.92. The normalized spacial score (nSPS) is 24.3. The van der Waals surface area contributed by atoms with Crippen molar-refractivity contribution in [3.63, 3.8) is 0 Å². The molecule has 2 rings (SSSR count). The quantitative estimate of drug-likeness (QED) is 0.540. The summed E-state index contributed by atoms with van der Waals surface area (Å²) in [6, 6.07) is 10.1. The molecule has 0 radical (unpaired) electrons. The van der Waals surface area contributed by atoms with Gasteiger partial charge in [-0.2, -0.15) is 0 Å². The van der Waals surface area contributed by atoms with Crippen molar-refractivity contribution >= 4 is 15.4 Å². The predicted octanol–water partition coefficient (Wildman–Crippen LogP) is 4.59. The van der Waals surface area contributed by atoms with E-state index in [9.17, 15) is 8.42 Å². The number of hydrogen-bond donors (Lipinski definition) is 0. The molecular weight excluding hydrogens is 308 g/mol. The average Bonchev–Trinajstić information content (AvgIpc) is 2.56. The second-order valence-corrected chi connectivity index (χ2v) is 8.96. The Kier molecular flexibility index (Phi) is 6.28. The van der Waals surface area contributed by atoms with Gasteiger partial charge in [-0.3, -0.25) is 0 Å². The summed E-state index contributed by atoms with van der Waals surface area (Å²) in [5, 5.41) is 0. The summed E-state index contributed by atoms with van der Waals surface area (Å²) < 4.78 is 30.0. The van der Waals surface area contributed by atoms with Crippen molar-refractivity contribution in [2.75, 3.05) is 12.4 Å². The molecule has 0 saturated carbocycles. The topological polar surface area (TPSA) is 43.4 Å². The molecule has 4 heteroatoms. The van der Waals surface area contributed by atoms with Gasteiger partial charge in [0.2, 0.25) is 0 Å². The zero-order valence-electron chi connectivity index (χ0n) is 14.3. The van der Waals surface area contributed by atoms with E-state index in [0.29, 0.717) is 25.2 Å². The largest absolute Gasteiger partial charge is 0.501 e. The lowest BCUT2D eigenvalue weighted by molar-refractivity contribution is 0.233. The summed E-state index contributed by atoms with van der Waals surface area (Å²) in [4.78, 5) is 0. The van der Waals surface area contributed by atoms with Gasteiger partial charge in [-0.05, 0) is 50.2 Å². The van der Waals surface area contributed by atoms with Crippen LogP contribution in [0.5, 0.6) is 0 Å². The van der Waals surface area contributed by atoms with Crippen LogP contribution in [0.2, 0.25) is 0 Å². The number of sulfone groups is 1. The lowest BCUT2D eigenvalue weighted by atomic mass is 9.93. The highest BCUT2D eigenvalue weighted by Crippen LogP contribution is 2.37. The van der Waals surface area contributed by atoms with Crippen LogP contribution in [0.4, 0.5) is 0 Å². The minimum absolute atomic E-state index is 0.356. The first-order chi connectivity index (χ1) is 11.0. The molecule has 1 aliphatic rings. The third kappa shape index (κ3) is 4.37. The number of allylic oxidation sites excluding steroid dienone is 1. The SMILES string of the molecule is CCC1(CCCO/C=C(/C)c2ccccc2)CCCCS1(=O)=O. The maximum absolute atomic E-state index is 12.4. The molecule has 23 heavy (non-hydrogen) atoms. The summed E-state index contributed by atoms with van der Waals surface area (Å²) in [5.74, 6) is 0.356. The summed E-state index contributed by atoms with van der Waals surface area (Å²) in [6.07, 6.45) is 6.65. The molecule has 1 fully saturated rings. The van der Waals surface area contributed by atoms with Crippen LogP contribution in [0.3, 0.4) is 0 Å². The molecule has 1 saturated heterocycles. The fourth-order valence-corrected chi connectivity index (χ4v) is 5.76. The molecule has 1 aromatic carbocycles. The zero-order chi connectivity index (χ0) is 16.8. The van der Waals surface area contributed by atoms with Gasteiger partial charge < -0.3 is 4.74 Å². The Labute approximate surface area is 140 Å². The molecule has 0 aromatic heterocycles. The van der Waals surface area contributed by atoms with Crippen molar-refractivity contribution in [1.82, 2.24) is 0 Å². The maximum atomic E-state index is 12.4. The smallest absolute Gasteiger partial charge is 0.155 e. The molecule has 0 bridgehead atoms. The van der Waals surface area contributed by atoms with E-state index in [1.54, 1.807) is 6.26 Å². The molecule has 1 unspecified atom stereocenters. The first-order valence-corrected chi connectivity index (χ1v) is 10.2. The zero-order valence-corrected chi connectivity index (χ0v) is 15.1. The van der Waals surface area contributed by atoms with E-state index in [2.05, 4.69) is 12.1 Å². The van der Waals surface area contributed by atoms with Crippen molar-refractivity contribution in [3.05, 3.63) is 42.2 Å². The standard InChI is InChI=1S/C19H28O3S/c1-3-19(12-7-8-15-23(19,20)21)13-9-14-22-16-17(2)18-10-5-4-6-11-18/h4-6,10-11,16H,3,7-9,12-15H2,1-2H3/b17-16-. The van der Waals surface area contributed by atoms with Crippen LogP contribution in [0, 0.1) is 0 Å². The van der Waals surface area contributed by atoms with Gasteiger partial charge in [-0.1, -0.05) is 43.7 Å². The molecule has 1 aliphatic heterocycles. The van der Waals surface area contributed by atoms with Crippen molar-refractivity contribution < 1.29 is 13.2 Å². The van der Waals surface area contributed by atoms with Crippen molar-refractivity contribution in [3.8, 4) is 0 Å². The van der Waals surface area contributed by atoms with E-state index in [0.717, 1.165) is 36.8 Å². The highest BCUT2D eigenvalue weighted by Gasteiger charge is 2.42. The molecule has 0 N–H and O–H groups in total. The third-order valence-electron chi connectivity index (χ3n) is 4.98. The fourth-order valence-electron chi connectivity index (χ4n) is 3.40. The van der Waals surface area contributed by atoms with Gasteiger partial charge in [0.05, 0.1) is 23.4 Å². The Morgan fingerprint density at radius 3 is 2.65 bits per heavy atom. The molecule has 1 aromatic rings. The van der Waals surface area contributed by atoms with Crippen molar-refractivity contribution in [1.29, 1.82) is 0 Å². The summed E-state index contributed by atoms with van der Waals surface area (Å²) in [7, 11) is -2.95. The van der Waals surface area contributed by atoms with Crippen LogP contribution >= 0.6 is 0 Å². The van der Waals surface area contributed by atoms with Crippen LogP contribution in [0.1, 0.15) is 57.9 Å². The molecule has 1 heterocycles. The molecule has 128 valence electrons. The number of benzene rings is 1. The van der Waals surface area contributed by atoms with E-state index >= 15 is 0 Å². The van der Waals surface area contributed by atoms with Crippen molar-refractivity contribution in [2.24, 2.45) is 0 Å². The fraction of sp³-hybridized carbons (Fsp3) is 0.579. The minimum atomic E-state index is -2.95. The molecule has 0 amide bonds. The molecule has 0 spiro atoms. The van der Waals surface area contributed by atoms with E-state index in [1.165, 1.54) is 0 Å². The maximum Gasteiger partial charge on any atom is 0.155 e. The van der Waals surface area contributed by atoms with E-state index in [-0.39, 0.29) is 0 Å². The van der Waals surface area contributed by atoms with Crippen LogP contribution in [0.25, 0.3) is 5.57 Å². The Balaban J connectivity index is 1.85. The van der Waals surface area contributed by atoms with Gasteiger partial charge in [0.1, 0.15) is 0 Å². The number of rotatable bonds is 7. The van der Waals surface area contributed by atoms with Gasteiger partial charge in [0, 0.05) is 0 Å². The molecular formula is C19H28O3S. The summed E-state index contributed by atoms with van der Waals surface area (Å²) >= 11 is 0. The molecule has 0 aliphatic carbocycles. The van der Waals surface area contributed by atoms with E-state index in [1.807, 2.05) is 32.0 Å². The predicted molar refractivity (Wildman–Crippen MR) is 95.9 cm³/mol. The summed E-state index contributed by atoms with van der Waals surface area (Å²) in [5.41, 5.74) is 2.23. The van der Waals surface area contributed by atoms with Gasteiger partial charge in [-0.25, -0.2) is 8.42 Å². The van der Waals surface area contributed by atoms with Crippen LogP contribution in [-0.2, 0) is 14.6 Å². The van der Waals surface area contributed by atoms with Crippen LogP contribution < -0.4 is 0 Å². The third-order valence-corrected chi connectivity index (χ3v) is 7.83. The highest BCUT2D eigenvalue weighted by atomic mass is 32.2. The first-order valence-electron chi connectivity index (χ1n) is 8.57. The Bertz CT molecular complexity index is 619. The molecule has 1 atom stereocenters. The Morgan fingerprint density at radius 2 is 2.00 bits per heavy atom. The molecule has 3 nitrogen and oxygen atoms in total. The van der Waals surface area contributed by atoms with E-state index < -0.39 is 14.6 Å². The summed E-state index contributed by atoms with van der Waals surface area (Å²) in [6.45, 7) is 4.60. The Hall–Kier alpha value is -1.29. The minimum Gasteiger partial charge on any atom is -0.501 e.